The van der Waals surface area contributed by atoms with Gasteiger partial charge in [-0.2, -0.15) is 0 Å². The summed E-state index contributed by atoms with van der Waals surface area (Å²) >= 11 is 0. The lowest BCUT2D eigenvalue weighted by Gasteiger charge is -2.32. The van der Waals surface area contributed by atoms with Crippen LogP contribution in [0.25, 0.3) is 0 Å². The number of aromatic hydroxyl groups is 1. The van der Waals surface area contributed by atoms with Gasteiger partial charge in [0.25, 0.3) is 11.5 Å². The van der Waals surface area contributed by atoms with Crippen molar-refractivity contribution in [2.24, 2.45) is 0 Å². The summed E-state index contributed by atoms with van der Waals surface area (Å²) in [5.74, 6) is -3.13. The second-order valence-corrected chi connectivity index (χ2v) is 6.79. The Bertz CT molecular complexity index is 986. The number of carbonyl (C=O) groups excluding carboxylic acids is 1. The van der Waals surface area contributed by atoms with Crippen LogP contribution in [0.5, 0.6) is 5.75 Å². The highest BCUT2D eigenvalue weighted by atomic mass is 19.1. The van der Waals surface area contributed by atoms with E-state index in [9.17, 15) is 23.5 Å². The average Bonchev–Trinajstić information content (AvgIpc) is 2.61. The van der Waals surface area contributed by atoms with E-state index in [1.54, 1.807) is 13.8 Å². The zero-order valence-electron chi connectivity index (χ0n) is 15.1. The molecule has 1 aliphatic rings. The van der Waals surface area contributed by atoms with Crippen molar-refractivity contribution in [1.29, 1.82) is 0 Å². The third kappa shape index (κ3) is 3.30. The van der Waals surface area contributed by atoms with Crippen LogP contribution in [0.15, 0.2) is 16.9 Å². The Labute approximate surface area is 153 Å². The molecule has 9 heteroatoms. The molecule has 0 radical (unpaired) electrons. The van der Waals surface area contributed by atoms with Crippen LogP contribution in [0.1, 0.15) is 41.3 Å². The summed E-state index contributed by atoms with van der Waals surface area (Å²) in [6.45, 7) is 4.83. The van der Waals surface area contributed by atoms with Crippen molar-refractivity contribution < 1.29 is 23.4 Å². The molecule has 27 heavy (non-hydrogen) atoms. The second-order valence-electron chi connectivity index (χ2n) is 6.79. The van der Waals surface area contributed by atoms with Gasteiger partial charge in [0.2, 0.25) is 5.75 Å². The topological polar surface area (TPSA) is 93.5 Å². The number of nitrogens with one attached hydrogen (secondary N) is 1. The molecule has 1 aliphatic heterocycles. The van der Waals surface area contributed by atoms with Gasteiger partial charge >= 0.3 is 0 Å². The average molecular weight is 379 g/mol. The first-order valence-corrected chi connectivity index (χ1v) is 8.33. The molecule has 7 nitrogen and oxygen atoms in total. The first kappa shape index (κ1) is 19.0. The predicted octanol–water partition coefficient (Wildman–Crippen LogP) is 1.73. The monoisotopic (exact) mass is 379 g/mol. The zero-order chi connectivity index (χ0) is 19.9. The summed E-state index contributed by atoms with van der Waals surface area (Å²) in [7, 11) is 0. The van der Waals surface area contributed by atoms with Gasteiger partial charge in [0.05, 0.1) is 13.2 Å². The van der Waals surface area contributed by atoms with Crippen LogP contribution in [0, 0.1) is 18.6 Å². The number of halogens is 2. The molecule has 0 aliphatic carbocycles. The van der Waals surface area contributed by atoms with Gasteiger partial charge < -0.3 is 15.2 Å². The highest BCUT2D eigenvalue weighted by Gasteiger charge is 2.34. The first-order valence-electron chi connectivity index (χ1n) is 8.33. The van der Waals surface area contributed by atoms with Gasteiger partial charge in [-0.25, -0.2) is 13.8 Å². The highest BCUT2D eigenvalue weighted by Crippen LogP contribution is 2.27. The molecule has 0 saturated carbocycles. The Hall–Kier alpha value is -2.81. The molecule has 3 rings (SSSR count). The molecule has 0 bridgehead atoms. The number of nitrogens with zero attached hydrogens (tertiary/aromatic N) is 2. The third-order valence-corrected chi connectivity index (χ3v) is 4.48. The Morgan fingerprint density at radius 1 is 1.41 bits per heavy atom. The maximum Gasteiger partial charge on any atom is 0.296 e. The standard InChI is InChI=1S/C18H19F2N3O4/c1-9-4-5-11(19)10(12(9)20)8-21-15(25)13-14(24)16(26)23-6-7-27-18(2,3)17(23)22-13/h4-5,24H,6-8H2,1-3H3,(H,21,25). The van der Waals surface area contributed by atoms with Crippen molar-refractivity contribution in [2.45, 2.75) is 39.5 Å². The van der Waals surface area contributed by atoms with E-state index in [0.717, 1.165) is 6.07 Å². The molecule has 0 atom stereocenters. The van der Waals surface area contributed by atoms with Crippen molar-refractivity contribution in [2.75, 3.05) is 6.61 Å². The molecule has 0 spiro atoms. The van der Waals surface area contributed by atoms with E-state index >= 15 is 0 Å². The molecule has 1 amide bonds. The molecule has 1 aromatic carbocycles. The predicted molar refractivity (Wildman–Crippen MR) is 91.4 cm³/mol. The van der Waals surface area contributed by atoms with Crippen molar-refractivity contribution in [3.05, 3.63) is 56.8 Å². The number of hydrogen-bond donors (Lipinski definition) is 2. The first-order chi connectivity index (χ1) is 12.6. The number of aromatic nitrogens is 2. The molecule has 2 heterocycles. The SMILES string of the molecule is Cc1ccc(F)c(CNC(=O)c2nc3n(c(=O)c2O)CCOC3(C)C)c1F. The fraction of sp³-hybridized carbons (Fsp3) is 0.389. The maximum absolute atomic E-state index is 14.1. The summed E-state index contributed by atoms with van der Waals surface area (Å²) < 4.78 is 34.7. The fourth-order valence-electron chi connectivity index (χ4n) is 2.96. The number of carbonyl (C=O) groups is 1. The minimum atomic E-state index is -0.936. The summed E-state index contributed by atoms with van der Waals surface area (Å²) in [6, 6.07) is 2.39. The van der Waals surface area contributed by atoms with E-state index in [0.29, 0.717) is 0 Å². The van der Waals surface area contributed by atoms with Crippen LogP contribution >= 0.6 is 0 Å². The van der Waals surface area contributed by atoms with Crippen LogP contribution in [0.2, 0.25) is 0 Å². The Morgan fingerprint density at radius 3 is 2.81 bits per heavy atom. The van der Waals surface area contributed by atoms with Gasteiger partial charge in [-0.15, -0.1) is 0 Å². The van der Waals surface area contributed by atoms with Crippen molar-refractivity contribution >= 4 is 5.91 Å². The van der Waals surface area contributed by atoms with Gasteiger partial charge in [0, 0.05) is 12.1 Å². The number of aryl methyl sites for hydroxylation is 1. The van der Waals surface area contributed by atoms with Crippen molar-refractivity contribution in [3.63, 3.8) is 0 Å². The summed E-state index contributed by atoms with van der Waals surface area (Å²) in [5, 5.41) is 12.4. The van der Waals surface area contributed by atoms with Crippen LogP contribution in [0.4, 0.5) is 8.78 Å². The normalized spacial score (nSPS) is 15.3. The number of hydrogen-bond acceptors (Lipinski definition) is 5. The minimum absolute atomic E-state index is 0.189. The van der Waals surface area contributed by atoms with Gasteiger partial charge in [-0.05, 0) is 32.4 Å². The van der Waals surface area contributed by atoms with Gasteiger partial charge in [0.1, 0.15) is 23.1 Å². The van der Waals surface area contributed by atoms with Gasteiger partial charge in [-0.1, -0.05) is 6.07 Å². The number of benzene rings is 1. The van der Waals surface area contributed by atoms with Gasteiger partial charge in [0.15, 0.2) is 5.69 Å². The van der Waals surface area contributed by atoms with E-state index in [1.807, 2.05) is 0 Å². The van der Waals surface area contributed by atoms with Crippen LogP contribution in [-0.2, 0) is 23.4 Å². The maximum atomic E-state index is 14.1. The lowest BCUT2D eigenvalue weighted by molar-refractivity contribution is -0.0566. The smallest absolute Gasteiger partial charge is 0.296 e. The molecular weight excluding hydrogens is 360 g/mol. The van der Waals surface area contributed by atoms with E-state index < -0.39 is 46.7 Å². The minimum Gasteiger partial charge on any atom is -0.501 e. The summed E-state index contributed by atoms with van der Waals surface area (Å²) in [5.41, 5.74) is -2.31. The van der Waals surface area contributed by atoms with Crippen LogP contribution in [-0.4, -0.2) is 27.2 Å². The zero-order valence-corrected chi connectivity index (χ0v) is 15.1. The van der Waals surface area contributed by atoms with Crippen LogP contribution in [0.3, 0.4) is 0 Å². The highest BCUT2D eigenvalue weighted by molar-refractivity contribution is 5.94. The lowest BCUT2D eigenvalue weighted by Crippen LogP contribution is -2.42. The summed E-state index contributed by atoms with van der Waals surface area (Å²) in [4.78, 5) is 28.9. The number of ether oxygens (including phenoxy) is 1. The number of amides is 1. The number of rotatable bonds is 3. The molecule has 2 aromatic rings. The van der Waals surface area contributed by atoms with E-state index in [4.69, 9.17) is 4.74 Å². The largest absolute Gasteiger partial charge is 0.501 e. The third-order valence-electron chi connectivity index (χ3n) is 4.48. The van der Waals surface area contributed by atoms with E-state index in [-0.39, 0.29) is 30.1 Å². The fourth-order valence-corrected chi connectivity index (χ4v) is 2.96. The Morgan fingerprint density at radius 2 is 2.11 bits per heavy atom. The molecule has 2 N–H and O–H groups in total. The molecule has 0 unspecified atom stereocenters. The molecule has 0 saturated heterocycles. The quantitative estimate of drug-likeness (QED) is 0.847. The molecular formula is C18H19F2N3O4. The lowest BCUT2D eigenvalue weighted by atomic mass is 10.1. The van der Waals surface area contributed by atoms with Gasteiger partial charge in [-0.3, -0.25) is 14.2 Å². The molecule has 144 valence electrons. The van der Waals surface area contributed by atoms with Crippen LogP contribution < -0.4 is 10.9 Å². The van der Waals surface area contributed by atoms with E-state index in [2.05, 4.69) is 10.3 Å². The molecule has 0 fully saturated rings. The Kier molecular flexibility index (Phi) is 4.73. The molecule has 1 aromatic heterocycles. The number of fused-ring (bicyclic) bond motifs is 1. The van der Waals surface area contributed by atoms with Crippen molar-refractivity contribution in [3.8, 4) is 5.75 Å². The Balaban J connectivity index is 1.94. The second kappa shape index (κ2) is 6.73. The van der Waals surface area contributed by atoms with E-state index in [1.165, 1.54) is 17.6 Å². The summed E-state index contributed by atoms with van der Waals surface area (Å²) in [6.07, 6.45) is 0. The van der Waals surface area contributed by atoms with Crippen molar-refractivity contribution in [1.82, 2.24) is 14.9 Å².